The van der Waals surface area contributed by atoms with Gasteiger partial charge in [0.15, 0.2) is 11.5 Å². The molecule has 0 saturated carbocycles. The summed E-state index contributed by atoms with van der Waals surface area (Å²) in [6.07, 6.45) is 1.64. The summed E-state index contributed by atoms with van der Waals surface area (Å²) in [6, 6.07) is 12.7. The Bertz CT molecular complexity index is 975. The fourth-order valence-corrected chi connectivity index (χ4v) is 2.39. The van der Waals surface area contributed by atoms with E-state index in [2.05, 4.69) is 15.1 Å². The summed E-state index contributed by atoms with van der Waals surface area (Å²) in [7, 11) is 0. The predicted octanol–water partition coefficient (Wildman–Crippen LogP) is 3.39. The van der Waals surface area contributed by atoms with Gasteiger partial charge in [0.2, 0.25) is 0 Å². The molecule has 5 heteroatoms. The monoisotopic (exact) mass is 278 g/mol. The number of aryl methyl sites for hydroxylation is 1. The average Bonchev–Trinajstić information content (AvgIpc) is 2.94. The van der Waals surface area contributed by atoms with Crippen molar-refractivity contribution in [1.29, 1.82) is 0 Å². The van der Waals surface area contributed by atoms with Gasteiger partial charge in [0.25, 0.3) is 0 Å². The third-order valence-electron chi connectivity index (χ3n) is 3.50. The van der Waals surface area contributed by atoms with E-state index >= 15 is 0 Å². The Morgan fingerprint density at radius 3 is 2.81 bits per heavy atom. The number of benzene rings is 2. The number of fused-ring (bicyclic) bond motifs is 3. The van der Waals surface area contributed by atoms with Crippen molar-refractivity contribution >= 4 is 16.6 Å². The van der Waals surface area contributed by atoms with Gasteiger partial charge in [0.1, 0.15) is 12.1 Å². The highest BCUT2D eigenvalue weighted by molar-refractivity contribution is 5.91. The molecule has 2 aromatic carbocycles. The van der Waals surface area contributed by atoms with E-state index in [0.717, 1.165) is 22.1 Å². The molecule has 0 radical (unpaired) electrons. The first-order chi connectivity index (χ1) is 10.2. The zero-order valence-electron chi connectivity index (χ0n) is 11.3. The van der Waals surface area contributed by atoms with Gasteiger partial charge in [-0.15, -0.1) is 5.10 Å². The molecule has 2 aromatic heterocycles. The second-order valence-electron chi connectivity index (χ2n) is 4.93. The third kappa shape index (κ3) is 1.86. The summed E-state index contributed by atoms with van der Waals surface area (Å²) >= 11 is 0. The molecule has 0 aliphatic carbocycles. The van der Waals surface area contributed by atoms with Gasteiger partial charge < -0.3 is 0 Å². The Kier molecular flexibility index (Phi) is 2.47. The van der Waals surface area contributed by atoms with Gasteiger partial charge in [-0.1, -0.05) is 12.1 Å². The molecule has 4 rings (SSSR count). The number of hydrogen-bond donors (Lipinski definition) is 0. The number of para-hydroxylation sites is 1. The van der Waals surface area contributed by atoms with Crippen LogP contribution in [-0.2, 0) is 0 Å². The highest BCUT2D eigenvalue weighted by atomic mass is 19.1. The van der Waals surface area contributed by atoms with Crippen LogP contribution in [0.2, 0.25) is 0 Å². The van der Waals surface area contributed by atoms with E-state index in [4.69, 9.17) is 0 Å². The fraction of sp³-hybridized carbons (Fsp3) is 0.0625. The normalized spacial score (nSPS) is 11.3. The summed E-state index contributed by atoms with van der Waals surface area (Å²) in [5, 5.41) is 5.37. The fourth-order valence-electron chi connectivity index (χ4n) is 2.39. The molecule has 0 spiro atoms. The molecule has 21 heavy (non-hydrogen) atoms. The Hall–Kier alpha value is -2.82. The van der Waals surface area contributed by atoms with Crippen LogP contribution in [0.15, 0.2) is 48.8 Å². The van der Waals surface area contributed by atoms with E-state index in [1.807, 2.05) is 24.3 Å². The topological polar surface area (TPSA) is 43.1 Å². The first kappa shape index (κ1) is 12.0. The molecule has 0 amide bonds. The Balaban J connectivity index is 1.98. The second-order valence-corrected chi connectivity index (χ2v) is 4.93. The van der Waals surface area contributed by atoms with Crippen LogP contribution >= 0.6 is 0 Å². The molecule has 0 aliphatic rings. The third-order valence-corrected chi connectivity index (χ3v) is 3.50. The Morgan fingerprint density at radius 1 is 1.10 bits per heavy atom. The maximum atomic E-state index is 13.4. The lowest BCUT2D eigenvalue weighted by atomic mass is 10.1. The van der Waals surface area contributed by atoms with Gasteiger partial charge in [-0.3, -0.25) is 0 Å². The van der Waals surface area contributed by atoms with E-state index in [1.165, 1.54) is 6.07 Å². The van der Waals surface area contributed by atoms with Crippen LogP contribution in [0, 0.1) is 12.7 Å². The van der Waals surface area contributed by atoms with Crippen molar-refractivity contribution in [1.82, 2.24) is 19.6 Å². The summed E-state index contributed by atoms with van der Waals surface area (Å²) in [4.78, 5) is 8.92. The minimum absolute atomic E-state index is 0.227. The van der Waals surface area contributed by atoms with E-state index in [1.54, 1.807) is 29.9 Å². The quantitative estimate of drug-likeness (QED) is 0.536. The predicted molar refractivity (Wildman–Crippen MR) is 78.4 cm³/mol. The average molecular weight is 278 g/mol. The zero-order valence-corrected chi connectivity index (χ0v) is 11.3. The van der Waals surface area contributed by atoms with Crippen molar-refractivity contribution in [3.05, 3.63) is 60.2 Å². The highest BCUT2D eigenvalue weighted by Crippen LogP contribution is 2.22. The van der Waals surface area contributed by atoms with Crippen LogP contribution in [0.3, 0.4) is 0 Å². The molecular weight excluding hydrogens is 267 g/mol. The maximum Gasteiger partial charge on any atom is 0.182 e. The molecule has 4 nitrogen and oxygen atoms in total. The largest absolute Gasteiger partial charge is 0.236 e. The van der Waals surface area contributed by atoms with Crippen molar-refractivity contribution in [3.63, 3.8) is 0 Å². The lowest BCUT2D eigenvalue weighted by Gasteiger charge is -1.98. The van der Waals surface area contributed by atoms with Gasteiger partial charge in [-0.25, -0.2) is 18.9 Å². The van der Waals surface area contributed by atoms with Gasteiger partial charge in [-0.2, -0.15) is 0 Å². The lowest BCUT2D eigenvalue weighted by molar-refractivity contribution is 0.618. The van der Waals surface area contributed by atoms with Crippen molar-refractivity contribution < 1.29 is 4.39 Å². The number of rotatable bonds is 1. The molecule has 0 aliphatic heterocycles. The SMILES string of the molecule is Cc1cc(-c2nc3c4ccccc4ncn3n2)ccc1F. The van der Waals surface area contributed by atoms with Crippen LogP contribution in [0.25, 0.3) is 27.9 Å². The number of halogens is 1. The Morgan fingerprint density at radius 2 is 1.95 bits per heavy atom. The minimum atomic E-state index is -0.227. The van der Waals surface area contributed by atoms with Crippen molar-refractivity contribution in [2.45, 2.75) is 6.92 Å². The van der Waals surface area contributed by atoms with Crippen molar-refractivity contribution in [2.75, 3.05) is 0 Å². The van der Waals surface area contributed by atoms with Gasteiger partial charge >= 0.3 is 0 Å². The molecule has 0 bridgehead atoms. The van der Waals surface area contributed by atoms with Crippen molar-refractivity contribution in [3.8, 4) is 11.4 Å². The summed E-state index contributed by atoms with van der Waals surface area (Å²) in [6.45, 7) is 1.73. The molecule has 4 aromatic rings. The molecule has 0 saturated heterocycles. The maximum absolute atomic E-state index is 13.4. The molecule has 0 atom stereocenters. The molecular formula is C16H11FN4. The molecule has 0 N–H and O–H groups in total. The van der Waals surface area contributed by atoms with Gasteiger partial charge in [-0.05, 0) is 42.8 Å². The summed E-state index contributed by atoms with van der Waals surface area (Å²) in [5.74, 6) is 0.339. The molecule has 102 valence electrons. The van der Waals surface area contributed by atoms with E-state index in [-0.39, 0.29) is 5.82 Å². The van der Waals surface area contributed by atoms with Crippen LogP contribution in [-0.4, -0.2) is 19.6 Å². The van der Waals surface area contributed by atoms with Gasteiger partial charge in [0.05, 0.1) is 5.52 Å². The second kappa shape index (κ2) is 4.34. The van der Waals surface area contributed by atoms with E-state index < -0.39 is 0 Å². The van der Waals surface area contributed by atoms with Crippen LogP contribution in [0.4, 0.5) is 4.39 Å². The van der Waals surface area contributed by atoms with E-state index in [9.17, 15) is 4.39 Å². The molecule has 0 fully saturated rings. The first-order valence-electron chi connectivity index (χ1n) is 6.59. The van der Waals surface area contributed by atoms with Crippen LogP contribution < -0.4 is 0 Å². The number of nitrogens with zero attached hydrogens (tertiary/aromatic N) is 4. The Labute approximate surface area is 119 Å². The lowest BCUT2D eigenvalue weighted by Crippen LogP contribution is -1.91. The number of aromatic nitrogens is 4. The smallest absolute Gasteiger partial charge is 0.182 e. The van der Waals surface area contributed by atoms with E-state index in [0.29, 0.717) is 11.4 Å². The zero-order chi connectivity index (χ0) is 14.4. The van der Waals surface area contributed by atoms with Crippen LogP contribution in [0.1, 0.15) is 5.56 Å². The summed E-state index contributed by atoms with van der Waals surface area (Å²) in [5.41, 5.74) is 2.99. The molecule has 2 heterocycles. The minimum Gasteiger partial charge on any atom is -0.236 e. The number of hydrogen-bond acceptors (Lipinski definition) is 3. The van der Waals surface area contributed by atoms with Crippen LogP contribution in [0.5, 0.6) is 0 Å². The summed E-state index contributed by atoms with van der Waals surface area (Å²) < 4.78 is 15.0. The first-order valence-corrected chi connectivity index (χ1v) is 6.59. The van der Waals surface area contributed by atoms with Gasteiger partial charge in [0, 0.05) is 10.9 Å². The molecule has 0 unspecified atom stereocenters. The highest BCUT2D eigenvalue weighted by Gasteiger charge is 2.10. The standard InChI is InChI=1S/C16H11FN4/c1-10-8-11(6-7-13(10)17)15-19-16-12-4-2-3-5-14(12)18-9-21(16)20-15/h2-9H,1H3. The van der Waals surface area contributed by atoms with Crippen molar-refractivity contribution in [2.24, 2.45) is 0 Å².